The lowest BCUT2D eigenvalue weighted by Crippen LogP contribution is -2.29. The van der Waals surface area contributed by atoms with Gasteiger partial charge in [-0.25, -0.2) is 0 Å². The van der Waals surface area contributed by atoms with E-state index < -0.39 is 7.12 Å². The van der Waals surface area contributed by atoms with Gasteiger partial charge in [0.2, 0.25) is 0 Å². The summed E-state index contributed by atoms with van der Waals surface area (Å²) >= 11 is 0. The minimum atomic E-state index is -1.40. The first-order chi connectivity index (χ1) is 9.20. The van der Waals surface area contributed by atoms with Crippen LogP contribution >= 0.6 is 0 Å². The van der Waals surface area contributed by atoms with E-state index in [0.717, 1.165) is 17.5 Å². The molecule has 0 saturated heterocycles. The highest BCUT2D eigenvalue weighted by Crippen LogP contribution is 2.18. The summed E-state index contributed by atoms with van der Waals surface area (Å²) < 4.78 is 0. The van der Waals surface area contributed by atoms with Gasteiger partial charge in [-0.2, -0.15) is 0 Å². The Morgan fingerprint density at radius 1 is 0.789 bits per heavy atom. The van der Waals surface area contributed by atoms with Crippen molar-refractivity contribution in [3.63, 3.8) is 0 Å². The Morgan fingerprint density at radius 2 is 1.21 bits per heavy atom. The lowest BCUT2D eigenvalue weighted by molar-refractivity contribution is 0.426. The van der Waals surface area contributed by atoms with Gasteiger partial charge in [-0.15, -0.1) is 0 Å². The normalized spacial score (nSPS) is 9.53. The van der Waals surface area contributed by atoms with Crippen LogP contribution < -0.4 is 5.46 Å². The van der Waals surface area contributed by atoms with Gasteiger partial charge < -0.3 is 10.0 Å². The number of benzene rings is 2. The summed E-state index contributed by atoms with van der Waals surface area (Å²) in [5.74, 6) is 0. The lowest BCUT2D eigenvalue weighted by Gasteiger charge is -2.05. The Morgan fingerprint density at radius 3 is 1.58 bits per heavy atom. The summed E-state index contributed by atoms with van der Waals surface area (Å²) in [7, 11) is -1.40. The van der Waals surface area contributed by atoms with Crippen molar-refractivity contribution in [3.8, 4) is 11.1 Å². The SMILES string of the molecule is CC.CCc1ccc(-c2ccc(B(O)O)cc2)cc1. The first-order valence-electron chi connectivity index (χ1n) is 6.76. The maximum Gasteiger partial charge on any atom is 0.488 e. The van der Waals surface area contributed by atoms with Crippen molar-refractivity contribution in [2.75, 3.05) is 0 Å². The Bertz CT molecular complexity index is 475. The minimum absolute atomic E-state index is 0.513. The number of hydrogen-bond acceptors (Lipinski definition) is 2. The smallest absolute Gasteiger partial charge is 0.423 e. The summed E-state index contributed by atoms with van der Waals surface area (Å²) in [6.45, 7) is 6.13. The van der Waals surface area contributed by atoms with Crippen LogP contribution in [0.25, 0.3) is 11.1 Å². The Balaban J connectivity index is 0.000000861. The Kier molecular flexibility index (Phi) is 6.33. The van der Waals surface area contributed by atoms with Crippen molar-refractivity contribution in [3.05, 3.63) is 54.1 Å². The molecule has 0 radical (unpaired) electrons. The van der Waals surface area contributed by atoms with Crippen molar-refractivity contribution < 1.29 is 10.0 Å². The number of aryl methyl sites for hydroxylation is 1. The summed E-state index contributed by atoms with van der Waals surface area (Å²) in [6, 6.07) is 15.7. The molecule has 0 spiro atoms. The van der Waals surface area contributed by atoms with E-state index in [4.69, 9.17) is 10.0 Å². The highest BCUT2D eigenvalue weighted by molar-refractivity contribution is 6.58. The molecule has 0 bridgehead atoms. The molecule has 0 aliphatic carbocycles. The van der Waals surface area contributed by atoms with Crippen LogP contribution in [0.3, 0.4) is 0 Å². The van der Waals surface area contributed by atoms with E-state index in [1.54, 1.807) is 12.1 Å². The second kappa shape index (κ2) is 7.77. The van der Waals surface area contributed by atoms with Gasteiger partial charge in [0.15, 0.2) is 0 Å². The maximum atomic E-state index is 9.01. The lowest BCUT2D eigenvalue weighted by atomic mass is 9.80. The zero-order chi connectivity index (χ0) is 14.3. The second-order valence-corrected chi connectivity index (χ2v) is 4.05. The topological polar surface area (TPSA) is 40.5 Å². The van der Waals surface area contributed by atoms with E-state index in [-0.39, 0.29) is 0 Å². The van der Waals surface area contributed by atoms with Crippen LogP contribution in [-0.4, -0.2) is 17.2 Å². The fourth-order valence-electron chi connectivity index (χ4n) is 1.78. The van der Waals surface area contributed by atoms with E-state index in [1.165, 1.54) is 5.56 Å². The van der Waals surface area contributed by atoms with Gasteiger partial charge in [-0.05, 0) is 28.6 Å². The molecule has 0 aliphatic rings. The van der Waals surface area contributed by atoms with Crippen molar-refractivity contribution in [2.24, 2.45) is 0 Å². The quantitative estimate of drug-likeness (QED) is 0.829. The van der Waals surface area contributed by atoms with Gasteiger partial charge in [0.25, 0.3) is 0 Å². The van der Waals surface area contributed by atoms with Gasteiger partial charge in [0.05, 0.1) is 0 Å². The van der Waals surface area contributed by atoms with Crippen LogP contribution in [0.5, 0.6) is 0 Å². The molecule has 2 aromatic rings. The monoisotopic (exact) mass is 256 g/mol. The zero-order valence-corrected chi connectivity index (χ0v) is 11.8. The molecule has 100 valence electrons. The highest BCUT2D eigenvalue weighted by Gasteiger charge is 2.09. The molecule has 19 heavy (non-hydrogen) atoms. The van der Waals surface area contributed by atoms with Gasteiger partial charge in [-0.3, -0.25) is 0 Å². The molecule has 0 unspecified atom stereocenters. The van der Waals surface area contributed by atoms with Gasteiger partial charge >= 0.3 is 7.12 Å². The molecule has 2 nitrogen and oxygen atoms in total. The maximum absolute atomic E-state index is 9.01. The van der Waals surface area contributed by atoms with Crippen LogP contribution in [0.15, 0.2) is 48.5 Å². The highest BCUT2D eigenvalue weighted by atomic mass is 16.4. The number of hydrogen-bond donors (Lipinski definition) is 2. The van der Waals surface area contributed by atoms with Crippen molar-refractivity contribution in [1.29, 1.82) is 0 Å². The first kappa shape index (κ1) is 15.5. The third-order valence-corrected chi connectivity index (χ3v) is 2.90. The zero-order valence-electron chi connectivity index (χ0n) is 11.8. The molecule has 2 N–H and O–H groups in total. The van der Waals surface area contributed by atoms with E-state index in [1.807, 2.05) is 26.0 Å². The molecule has 0 amide bonds. The van der Waals surface area contributed by atoms with Crippen LogP contribution in [-0.2, 0) is 6.42 Å². The third kappa shape index (κ3) is 4.23. The van der Waals surface area contributed by atoms with Gasteiger partial charge in [0.1, 0.15) is 0 Å². The predicted octanol–water partition coefficient (Wildman–Crippen LogP) is 2.62. The molecule has 0 aliphatic heterocycles. The molecule has 3 heteroatoms. The summed E-state index contributed by atoms with van der Waals surface area (Å²) in [5, 5.41) is 18.0. The summed E-state index contributed by atoms with van der Waals surface area (Å²) in [4.78, 5) is 0. The average Bonchev–Trinajstić information content (AvgIpc) is 2.49. The van der Waals surface area contributed by atoms with E-state index in [0.29, 0.717) is 5.46 Å². The third-order valence-electron chi connectivity index (χ3n) is 2.90. The van der Waals surface area contributed by atoms with E-state index in [9.17, 15) is 0 Å². The van der Waals surface area contributed by atoms with Crippen molar-refractivity contribution in [1.82, 2.24) is 0 Å². The Labute approximate surface area is 115 Å². The fraction of sp³-hybridized carbons (Fsp3) is 0.250. The number of rotatable bonds is 3. The van der Waals surface area contributed by atoms with E-state index in [2.05, 4.69) is 31.2 Å². The molecule has 0 atom stereocenters. The van der Waals surface area contributed by atoms with Crippen LogP contribution in [0.1, 0.15) is 26.3 Å². The molecule has 0 saturated carbocycles. The molecule has 0 aromatic heterocycles. The molecule has 0 heterocycles. The van der Waals surface area contributed by atoms with Crippen LogP contribution in [0.2, 0.25) is 0 Å². The van der Waals surface area contributed by atoms with E-state index >= 15 is 0 Å². The fourth-order valence-corrected chi connectivity index (χ4v) is 1.78. The van der Waals surface area contributed by atoms with Crippen LogP contribution in [0, 0.1) is 0 Å². The standard InChI is InChI=1S/C14H15BO2.C2H6/c1-2-11-3-5-12(6-4-11)13-7-9-14(10-8-13)15(16)17;1-2/h3-10,16-17H,2H2,1H3;1-2H3. The average molecular weight is 256 g/mol. The largest absolute Gasteiger partial charge is 0.488 e. The molecule has 2 aromatic carbocycles. The van der Waals surface area contributed by atoms with Gasteiger partial charge in [0, 0.05) is 0 Å². The van der Waals surface area contributed by atoms with Crippen molar-refractivity contribution in [2.45, 2.75) is 27.2 Å². The second-order valence-electron chi connectivity index (χ2n) is 4.05. The Hall–Kier alpha value is -1.58. The summed E-state index contributed by atoms with van der Waals surface area (Å²) in [5.41, 5.74) is 4.05. The molecular weight excluding hydrogens is 235 g/mol. The molecule has 2 rings (SSSR count). The molecular formula is C16H21BO2. The predicted molar refractivity (Wildman–Crippen MR) is 82.4 cm³/mol. The van der Waals surface area contributed by atoms with Crippen LogP contribution in [0.4, 0.5) is 0 Å². The first-order valence-corrected chi connectivity index (χ1v) is 6.76. The van der Waals surface area contributed by atoms with Gasteiger partial charge in [-0.1, -0.05) is 69.3 Å². The van der Waals surface area contributed by atoms with Crippen molar-refractivity contribution >= 4 is 12.6 Å². The minimum Gasteiger partial charge on any atom is -0.423 e. The summed E-state index contributed by atoms with van der Waals surface area (Å²) in [6.07, 6.45) is 1.04. The molecule has 0 fully saturated rings.